The maximum absolute atomic E-state index is 13.3. The van der Waals surface area contributed by atoms with Gasteiger partial charge in [-0.25, -0.2) is 0 Å². The molecule has 2 N–H and O–H groups in total. The molecule has 0 unspecified atom stereocenters. The molecule has 1 aliphatic rings. The highest BCUT2D eigenvalue weighted by molar-refractivity contribution is 6.14. The fourth-order valence-corrected chi connectivity index (χ4v) is 4.58. The number of amides is 1. The van der Waals surface area contributed by atoms with Gasteiger partial charge in [0, 0.05) is 36.3 Å². The minimum atomic E-state index is -0.237. The Morgan fingerprint density at radius 1 is 1.13 bits per heavy atom. The van der Waals surface area contributed by atoms with Crippen molar-refractivity contribution in [3.05, 3.63) is 58.3 Å². The minimum Gasteiger partial charge on any atom is -0.508 e. The van der Waals surface area contributed by atoms with E-state index in [-0.39, 0.29) is 23.9 Å². The van der Waals surface area contributed by atoms with E-state index in [0.29, 0.717) is 34.4 Å². The predicted octanol–water partition coefficient (Wildman–Crippen LogP) is 4.93. The molecule has 1 amide bonds. The fourth-order valence-electron chi connectivity index (χ4n) is 4.58. The first-order chi connectivity index (χ1) is 14.7. The molecule has 0 spiro atoms. The number of aryl methyl sites for hydroxylation is 3. The summed E-state index contributed by atoms with van der Waals surface area (Å²) in [6.45, 7) is 11.9. The molecule has 31 heavy (non-hydrogen) atoms. The molecule has 0 aliphatic carbocycles. The number of hydrogen-bond acceptors (Lipinski definition) is 5. The van der Waals surface area contributed by atoms with E-state index in [1.165, 1.54) is 0 Å². The largest absolute Gasteiger partial charge is 0.508 e. The predicted molar refractivity (Wildman–Crippen MR) is 122 cm³/mol. The number of carbonyl (C=O) groups excluding carboxylic acids is 1. The summed E-state index contributed by atoms with van der Waals surface area (Å²) in [6, 6.07) is 9.28. The van der Waals surface area contributed by atoms with Crippen LogP contribution in [-0.2, 0) is 11.3 Å². The van der Waals surface area contributed by atoms with Crippen LogP contribution in [0.5, 0.6) is 5.75 Å². The average Bonchev–Trinajstić information content (AvgIpc) is 3.02. The number of hydrogen-bond donors (Lipinski definition) is 2. The Morgan fingerprint density at radius 2 is 1.84 bits per heavy atom. The van der Waals surface area contributed by atoms with Gasteiger partial charge in [-0.05, 0) is 58.4 Å². The van der Waals surface area contributed by atoms with E-state index in [1.54, 1.807) is 19.1 Å². The highest BCUT2D eigenvalue weighted by Gasteiger charge is 2.27. The molecule has 0 bridgehead atoms. The van der Waals surface area contributed by atoms with Crippen molar-refractivity contribution < 1.29 is 19.1 Å². The first-order valence-corrected chi connectivity index (χ1v) is 10.7. The number of carbonyl (C=O) groups is 1. The van der Waals surface area contributed by atoms with E-state index in [2.05, 4.69) is 10.2 Å². The molecule has 1 aliphatic heterocycles. The summed E-state index contributed by atoms with van der Waals surface area (Å²) in [6.07, 6.45) is 0.229. The van der Waals surface area contributed by atoms with Gasteiger partial charge in [-0.3, -0.25) is 9.69 Å². The zero-order valence-corrected chi connectivity index (χ0v) is 18.8. The van der Waals surface area contributed by atoms with E-state index >= 15 is 0 Å². The smallest absolute Gasteiger partial charge is 0.259 e. The Kier molecular flexibility index (Phi) is 5.77. The maximum Gasteiger partial charge on any atom is 0.259 e. The Bertz CT molecular complexity index is 1120. The molecular weight excluding hydrogens is 392 g/mol. The van der Waals surface area contributed by atoms with E-state index < -0.39 is 0 Å². The van der Waals surface area contributed by atoms with Gasteiger partial charge >= 0.3 is 0 Å². The van der Waals surface area contributed by atoms with Gasteiger partial charge in [0.2, 0.25) is 0 Å². The first-order valence-electron chi connectivity index (χ1n) is 10.7. The molecule has 2 atom stereocenters. The summed E-state index contributed by atoms with van der Waals surface area (Å²) < 4.78 is 11.8. The highest BCUT2D eigenvalue weighted by atomic mass is 16.5. The van der Waals surface area contributed by atoms with Crippen LogP contribution in [-0.4, -0.2) is 41.2 Å². The van der Waals surface area contributed by atoms with Crippen LogP contribution in [0.2, 0.25) is 0 Å². The highest BCUT2D eigenvalue weighted by Crippen LogP contribution is 2.35. The second kappa shape index (κ2) is 8.36. The zero-order chi connectivity index (χ0) is 22.3. The fraction of sp³-hybridized carbons (Fsp3) is 0.400. The lowest BCUT2D eigenvalue weighted by Crippen LogP contribution is -2.44. The molecule has 3 aromatic rings. The number of phenols is 1. The second-order valence-electron chi connectivity index (χ2n) is 8.69. The first kappa shape index (κ1) is 21.4. The normalized spacial score (nSPS) is 19.6. The lowest BCUT2D eigenvalue weighted by molar-refractivity contribution is -0.0705. The standard InChI is InChI=1S/C25H30N2O4/c1-14-6-7-20(15(2)10-14)26-25(29)23-18(5)31-22-9-8-21(28)19(24(22)23)13-27-11-16(3)30-17(4)12-27/h6-10,16-17,28H,11-13H2,1-5H3,(H,26,29)/t16-,17-/m0/s1. The lowest BCUT2D eigenvalue weighted by Gasteiger charge is -2.35. The van der Waals surface area contributed by atoms with Gasteiger partial charge in [0.05, 0.1) is 17.8 Å². The summed E-state index contributed by atoms with van der Waals surface area (Å²) >= 11 is 0. The van der Waals surface area contributed by atoms with Gasteiger partial charge in [0.1, 0.15) is 17.1 Å². The van der Waals surface area contributed by atoms with E-state index in [4.69, 9.17) is 9.15 Å². The van der Waals surface area contributed by atoms with Crippen molar-refractivity contribution in [1.82, 2.24) is 4.90 Å². The zero-order valence-electron chi connectivity index (χ0n) is 18.8. The number of morpholine rings is 1. The third kappa shape index (κ3) is 4.31. The summed E-state index contributed by atoms with van der Waals surface area (Å²) in [5.41, 5.74) is 4.68. The molecule has 1 aromatic heterocycles. The number of nitrogens with zero attached hydrogens (tertiary/aromatic N) is 1. The number of nitrogens with one attached hydrogen (secondary N) is 1. The number of rotatable bonds is 4. The molecule has 2 aromatic carbocycles. The molecule has 0 radical (unpaired) electrons. The van der Waals surface area contributed by atoms with Crippen molar-refractivity contribution in [2.45, 2.75) is 53.4 Å². The molecule has 0 saturated carbocycles. The Morgan fingerprint density at radius 3 is 2.52 bits per heavy atom. The third-order valence-corrected chi connectivity index (χ3v) is 5.85. The third-order valence-electron chi connectivity index (χ3n) is 5.85. The Labute approximate surface area is 182 Å². The van der Waals surface area contributed by atoms with Gasteiger partial charge < -0.3 is 19.6 Å². The molecule has 164 valence electrons. The van der Waals surface area contributed by atoms with Crippen LogP contribution in [0.25, 0.3) is 11.0 Å². The van der Waals surface area contributed by atoms with E-state index in [1.807, 2.05) is 45.9 Å². The lowest BCUT2D eigenvalue weighted by atomic mass is 10.0. The maximum atomic E-state index is 13.3. The van der Waals surface area contributed by atoms with Crippen molar-refractivity contribution >= 4 is 22.6 Å². The van der Waals surface area contributed by atoms with Crippen LogP contribution < -0.4 is 5.32 Å². The van der Waals surface area contributed by atoms with Crippen LogP contribution in [0.1, 0.15) is 46.7 Å². The Balaban J connectivity index is 1.73. The van der Waals surface area contributed by atoms with Crippen molar-refractivity contribution in [1.29, 1.82) is 0 Å². The number of furan rings is 1. The van der Waals surface area contributed by atoms with Gasteiger partial charge in [-0.1, -0.05) is 17.7 Å². The Hall–Kier alpha value is -2.83. The molecule has 4 rings (SSSR count). The summed E-state index contributed by atoms with van der Waals surface area (Å²) in [5.74, 6) is 0.465. The SMILES string of the molecule is Cc1ccc(NC(=O)c2c(C)oc3ccc(O)c(CN4C[C@H](C)O[C@@H](C)C4)c23)c(C)c1. The summed E-state index contributed by atoms with van der Waals surface area (Å²) in [4.78, 5) is 15.6. The van der Waals surface area contributed by atoms with E-state index in [9.17, 15) is 9.90 Å². The number of anilines is 1. The van der Waals surface area contributed by atoms with Crippen LogP contribution >= 0.6 is 0 Å². The quantitative estimate of drug-likeness (QED) is 0.624. The van der Waals surface area contributed by atoms with Gasteiger partial charge in [0.25, 0.3) is 5.91 Å². The van der Waals surface area contributed by atoms with Crippen molar-refractivity contribution in [2.24, 2.45) is 0 Å². The molecule has 1 saturated heterocycles. The van der Waals surface area contributed by atoms with Crippen LogP contribution in [0.4, 0.5) is 5.69 Å². The average molecular weight is 423 g/mol. The van der Waals surface area contributed by atoms with Gasteiger partial charge in [0.15, 0.2) is 0 Å². The number of fused-ring (bicyclic) bond motifs is 1. The topological polar surface area (TPSA) is 74.9 Å². The number of ether oxygens (including phenoxy) is 1. The van der Waals surface area contributed by atoms with E-state index in [0.717, 1.165) is 29.9 Å². The van der Waals surface area contributed by atoms with Gasteiger partial charge in [-0.2, -0.15) is 0 Å². The molecule has 1 fully saturated rings. The van der Waals surface area contributed by atoms with Crippen LogP contribution in [0.3, 0.4) is 0 Å². The molecule has 2 heterocycles. The van der Waals surface area contributed by atoms with Crippen molar-refractivity contribution in [3.8, 4) is 5.75 Å². The van der Waals surface area contributed by atoms with Crippen molar-refractivity contribution in [2.75, 3.05) is 18.4 Å². The minimum absolute atomic E-state index is 0.114. The van der Waals surface area contributed by atoms with Crippen LogP contribution in [0.15, 0.2) is 34.7 Å². The number of phenolic OH excluding ortho intramolecular Hbond substituents is 1. The number of aromatic hydroxyl groups is 1. The van der Waals surface area contributed by atoms with Crippen molar-refractivity contribution in [3.63, 3.8) is 0 Å². The number of benzene rings is 2. The summed E-state index contributed by atoms with van der Waals surface area (Å²) in [5, 5.41) is 14.4. The molecule has 6 nitrogen and oxygen atoms in total. The summed E-state index contributed by atoms with van der Waals surface area (Å²) in [7, 11) is 0. The monoisotopic (exact) mass is 422 g/mol. The van der Waals surface area contributed by atoms with Crippen LogP contribution in [0, 0.1) is 20.8 Å². The second-order valence-corrected chi connectivity index (χ2v) is 8.69. The molecule has 6 heteroatoms. The molecular formula is C25H30N2O4. The van der Waals surface area contributed by atoms with Gasteiger partial charge in [-0.15, -0.1) is 0 Å².